The molecule has 3 atom stereocenters. The van der Waals surface area contributed by atoms with E-state index in [1.807, 2.05) is 0 Å². The van der Waals surface area contributed by atoms with E-state index in [1.165, 1.54) is 6.07 Å². The number of hydrogen-bond acceptors (Lipinski definition) is 3. The number of carbonyl (C=O) groups is 1. The van der Waals surface area contributed by atoms with E-state index >= 15 is 0 Å². The van der Waals surface area contributed by atoms with Gasteiger partial charge in [-0.15, -0.1) is 0 Å². The number of carbonyl (C=O) groups excluding carboxylic acids is 1. The Balaban J connectivity index is 1.53. The molecule has 0 spiro atoms. The van der Waals surface area contributed by atoms with E-state index in [4.69, 9.17) is 4.74 Å². The highest BCUT2D eigenvalue weighted by Gasteiger charge is 2.40. The van der Waals surface area contributed by atoms with E-state index < -0.39 is 23.2 Å². The quantitative estimate of drug-likeness (QED) is 0.885. The van der Waals surface area contributed by atoms with Gasteiger partial charge in [-0.1, -0.05) is 6.07 Å². The van der Waals surface area contributed by atoms with Crippen molar-refractivity contribution in [3.05, 3.63) is 29.8 Å². The van der Waals surface area contributed by atoms with Crippen molar-refractivity contribution in [2.24, 2.45) is 0 Å². The number of halogens is 2. The molecule has 2 aliphatic rings. The lowest BCUT2D eigenvalue weighted by molar-refractivity contribution is -0.115. The first-order valence-corrected chi connectivity index (χ1v) is 6.76. The molecule has 1 aromatic carbocycles. The normalized spacial score (nSPS) is 27.8. The Morgan fingerprint density at radius 1 is 1.30 bits per heavy atom. The molecule has 0 radical (unpaired) electrons. The second-order valence-electron chi connectivity index (χ2n) is 5.24. The summed E-state index contributed by atoms with van der Waals surface area (Å²) in [6.45, 7) is 0.0189. The lowest BCUT2D eigenvalue weighted by atomic mass is 9.95. The van der Waals surface area contributed by atoms with Crippen molar-refractivity contribution in [3.63, 3.8) is 0 Å². The van der Waals surface area contributed by atoms with Gasteiger partial charge in [0.2, 0.25) is 5.91 Å². The average molecular weight is 282 g/mol. The number of fused-ring (bicyclic) bond motifs is 2. The number of para-hydroxylation sites is 1. The monoisotopic (exact) mass is 282 g/mol. The van der Waals surface area contributed by atoms with Crippen molar-refractivity contribution in [2.45, 2.75) is 37.5 Å². The summed E-state index contributed by atoms with van der Waals surface area (Å²) in [7, 11) is 0. The van der Waals surface area contributed by atoms with Crippen molar-refractivity contribution in [1.29, 1.82) is 0 Å². The Bertz CT molecular complexity index is 504. The first-order valence-electron chi connectivity index (χ1n) is 6.76. The number of nitrogens with one attached hydrogen (secondary N) is 2. The van der Waals surface area contributed by atoms with E-state index in [0.717, 1.165) is 31.4 Å². The number of amides is 1. The van der Waals surface area contributed by atoms with Crippen LogP contribution in [0.3, 0.4) is 0 Å². The van der Waals surface area contributed by atoms with Crippen LogP contribution in [0.4, 0.5) is 14.5 Å². The van der Waals surface area contributed by atoms with Gasteiger partial charge in [-0.3, -0.25) is 4.79 Å². The van der Waals surface area contributed by atoms with E-state index in [0.29, 0.717) is 6.10 Å². The Morgan fingerprint density at radius 3 is 2.65 bits per heavy atom. The molecule has 0 saturated carbocycles. The molecular weight excluding hydrogens is 266 g/mol. The van der Waals surface area contributed by atoms with Gasteiger partial charge >= 0.3 is 0 Å². The molecule has 2 saturated heterocycles. The molecule has 2 bridgehead atoms. The van der Waals surface area contributed by atoms with E-state index in [1.54, 1.807) is 0 Å². The molecule has 6 heteroatoms. The topological polar surface area (TPSA) is 50.4 Å². The maximum Gasteiger partial charge on any atom is 0.238 e. The smallest absolute Gasteiger partial charge is 0.238 e. The van der Waals surface area contributed by atoms with E-state index in [2.05, 4.69) is 10.6 Å². The SMILES string of the molecule is O=C(CNC1CC2CCC1O2)Nc1c(F)cccc1F. The van der Waals surface area contributed by atoms with E-state index in [-0.39, 0.29) is 18.7 Å². The zero-order chi connectivity index (χ0) is 14.1. The molecule has 2 aliphatic heterocycles. The second-order valence-corrected chi connectivity index (χ2v) is 5.24. The maximum atomic E-state index is 13.4. The standard InChI is InChI=1S/C14H16F2N2O2/c15-9-2-1-3-10(16)14(9)18-13(19)7-17-11-6-8-4-5-12(11)20-8/h1-3,8,11-12,17H,4-7H2,(H,18,19). The summed E-state index contributed by atoms with van der Waals surface area (Å²) in [6.07, 6.45) is 3.44. The minimum absolute atomic E-state index is 0.0189. The van der Waals surface area contributed by atoms with Gasteiger partial charge in [0.15, 0.2) is 0 Å². The average Bonchev–Trinajstić information content (AvgIpc) is 3.03. The van der Waals surface area contributed by atoms with Crippen LogP contribution < -0.4 is 10.6 Å². The molecule has 1 amide bonds. The molecule has 4 nitrogen and oxygen atoms in total. The molecule has 1 aromatic rings. The van der Waals surface area contributed by atoms with Crippen LogP contribution in [0.1, 0.15) is 19.3 Å². The zero-order valence-electron chi connectivity index (χ0n) is 10.9. The van der Waals surface area contributed by atoms with Crippen LogP contribution >= 0.6 is 0 Å². The number of anilines is 1. The maximum absolute atomic E-state index is 13.4. The van der Waals surface area contributed by atoms with Crippen molar-refractivity contribution in [1.82, 2.24) is 5.32 Å². The zero-order valence-corrected chi connectivity index (χ0v) is 10.9. The second kappa shape index (κ2) is 5.46. The Labute approximate surface area is 115 Å². The summed E-state index contributed by atoms with van der Waals surface area (Å²) in [5, 5.41) is 5.34. The molecule has 0 aliphatic carbocycles. The molecule has 2 N–H and O–H groups in total. The first kappa shape index (κ1) is 13.5. The lowest BCUT2D eigenvalue weighted by Gasteiger charge is -2.19. The third-order valence-corrected chi connectivity index (χ3v) is 3.86. The minimum atomic E-state index is -0.776. The third kappa shape index (κ3) is 2.66. The van der Waals surface area contributed by atoms with Crippen LogP contribution in [-0.4, -0.2) is 30.7 Å². The Hall–Kier alpha value is -1.53. The Kier molecular flexibility index (Phi) is 3.67. The molecule has 2 heterocycles. The molecule has 2 fully saturated rings. The lowest BCUT2D eigenvalue weighted by Crippen LogP contribution is -2.41. The minimum Gasteiger partial charge on any atom is -0.373 e. The van der Waals surface area contributed by atoms with Crippen LogP contribution in [0.15, 0.2) is 18.2 Å². The number of benzene rings is 1. The third-order valence-electron chi connectivity index (χ3n) is 3.86. The number of hydrogen-bond donors (Lipinski definition) is 2. The fraction of sp³-hybridized carbons (Fsp3) is 0.500. The van der Waals surface area contributed by atoms with Gasteiger partial charge in [0.05, 0.1) is 18.8 Å². The van der Waals surface area contributed by atoms with Crippen LogP contribution in [0.5, 0.6) is 0 Å². The summed E-state index contributed by atoms with van der Waals surface area (Å²) in [5.74, 6) is -2.01. The van der Waals surface area contributed by atoms with Gasteiger partial charge in [-0.2, -0.15) is 0 Å². The van der Waals surface area contributed by atoms with Crippen molar-refractivity contribution >= 4 is 11.6 Å². The largest absolute Gasteiger partial charge is 0.373 e. The van der Waals surface area contributed by atoms with Crippen molar-refractivity contribution in [3.8, 4) is 0 Å². The molecule has 3 rings (SSSR count). The van der Waals surface area contributed by atoms with Crippen molar-refractivity contribution < 1.29 is 18.3 Å². The summed E-state index contributed by atoms with van der Waals surface area (Å²) in [5.41, 5.74) is -0.400. The predicted molar refractivity (Wildman–Crippen MR) is 69.3 cm³/mol. The summed E-state index contributed by atoms with van der Waals surface area (Å²) < 4.78 is 32.4. The van der Waals surface area contributed by atoms with Gasteiger partial charge in [-0.05, 0) is 31.4 Å². The van der Waals surface area contributed by atoms with Gasteiger partial charge in [-0.25, -0.2) is 8.78 Å². The summed E-state index contributed by atoms with van der Waals surface area (Å²) in [6, 6.07) is 3.63. The highest BCUT2D eigenvalue weighted by atomic mass is 19.1. The summed E-state index contributed by atoms with van der Waals surface area (Å²) in [4.78, 5) is 11.7. The van der Waals surface area contributed by atoms with E-state index in [9.17, 15) is 13.6 Å². The van der Waals surface area contributed by atoms with Gasteiger partial charge < -0.3 is 15.4 Å². The fourth-order valence-corrected chi connectivity index (χ4v) is 2.88. The molecule has 20 heavy (non-hydrogen) atoms. The summed E-state index contributed by atoms with van der Waals surface area (Å²) >= 11 is 0. The van der Waals surface area contributed by atoms with Crippen LogP contribution in [0.2, 0.25) is 0 Å². The molecule has 108 valence electrons. The highest BCUT2D eigenvalue weighted by molar-refractivity contribution is 5.92. The number of ether oxygens (including phenoxy) is 1. The molecular formula is C14H16F2N2O2. The fourth-order valence-electron chi connectivity index (χ4n) is 2.88. The van der Waals surface area contributed by atoms with Crippen molar-refractivity contribution in [2.75, 3.05) is 11.9 Å². The molecule has 3 unspecified atom stereocenters. The van der Waals surface area contributed by atoms with Crippen LogP contribution in [-0.2, 0) is 9.53 Å². The first-order chi connectivity index (χ1) is 9.63. The van der Waals surface area contributed by atoms with Gasteiger partial charge in [0, 0.05) is 6.04 Å². The van der Waals surface area contributed by atoms with Crippen LogP contribution in [0, 0.1) is 11.6 Å². The van der Waals surface area contributed by atoms with Gasteiger partial charge in [0.1, 0.15) is 17.3 Å². The Morgan fingerprint density at radius 2 is 2.05 bits per heavy atom. The van der Waals surface area contributed by atoms with Gasteiger partial charge in [0.25, 0.3) is 0 Å². The van der Waals surface area contributed by atoms with Crippen LogP contribution in [0.25, 0.3) is 0 Å². The molecule has 0 aromatic heterocycles. The number of rotatable bonds is 4. The predicted octanol–water partition coefficient (Wildman–Crippen LogP) is 1.81. The highest BCUT2D eigenvalue weighted by Crippen LogP contribution is 2.34.